The van der Waals surface area contributed by atoms with Crippen LogP contribution in [0.15, 0.2) is 47.1 Å². The fraction of sp³-hybridized carbons (Fsp3) is 0.375. The van der Waals surface area contributed by atoms with Gasteiger partial charge < -0.3 is 15.2 Å². The molecule has 0 radical (unpaired) electrons. The highest BCUT2D eigenvalue weighted by Crippen LogP contribution is 2.27. The van der Waals surface area contributed by atoms with Gasteiger partial charge in [-0.1, -0.05) is 50.2 Å². The molecule has 0 saturated heterocycles. The third-order valence-electron chi connectivity index (χ3n) is 5.05. The Kier molecular flexibility index (Phi) is 7.73. The smallest absolute Gasteiger partial charge is 0.261 e. The molecule has 0 unspecified atom stereocenters. The van der Waals surface area contributed by atoms with Crippen molar-refractivity contribution in [2.24, 2.45) is 0 Å². The van der Waals surface area contributed by atoms with E-state index >= 15 is 0 Å². The lowest BCUT2D eigenvalue weighted by Crippen LogP contribution is -2.14. The van der Waals surface area contributed by atoms with Crippen molar-refractivity contribution in [1.29, 1.82) is 0 Å². The van der Waals surface area contributed by atoms with E-state index in [1.54, 1.807) is 6.07 Å². The van der Waals surface area contributed by atoms with Crippen LogP contribution < -0.4 is 10.6 Å². The van der Waals surface area contributed by atoms with Crippen molar-refractivity contribution >= 4 is 27.7 Å². The second-order valence-electron chi connectivity index (χ2n) is 9.24. The normalized spacial score (nSPS) is 13.2. The van der Waals surface area contributed by atoms with E-state index in [-0.39, 0.29) is 17.7 Å². The summed E-state index contributed by atoms with van der Waals surface area (Å²) in [5.74, 6) is 2.07. The number of carbonyl (C=O) groups is 1. The first-order valence-electron chi connectivity index (χ1n) is 10.9. The topological polar surface area (TPSA) is 134 Å². The van der Waals surface area contributed by atoms with Crippen LogP contribution in [0.25, 0.3) is 11.1 Å². The largest absolute Gasteiger partial charge is 0.370 e. The molecule has 4 rings (SSSR count). The second-order valence-corrected chi connectivity index (χ2v) is 10.7. The molecule has 0 fully saturated rings. The first-order valence-corrected chi connectivity index (χ1v) is 12.7. The van der Waals surface area contributed by atoms with Crippen molar-refractivity contribution in [2.45, 2.75) is 45.4 Å². The van der Waals surface area contributed by atoms with Gasteiger partial charge in [0.2, 0.25) is 5.91 Å². The Morgan fingerprint density at radius 3 is 2.47 bits per heavy atom. The lowest BCUT2D eigenvalue weighted by molar-refractivity contribution is -0.115. The standard InChI is InChI=1S/C23H26N4O2.CH4O3S/c1-23(2,3)19-13-20(27-29-19)26-21(28)11-15-6-8-16(9-7-15)18-12-17-5-4-10-24-22(17)25-14-18;1-5(2,3)4/h6-9,12-14H,4-5,10-11H2,1-3H3,(H,24,25)(H,26,27,28);1H3,(H,2,3,4). The van der Waals surface area contributed by atoms with Gasteiger partial charge in [0.15, 0.2) is 5.82 Å². The molecule has 10 heteroatoms. The van der Waals surface area contributed by atoms with E-state index < -0.39 is 10.1 Å². The molecule has 0 saturated carbocycles. The van der Waals surface area contributed by atoms with Crippen LogP contribution in [0.2, 0.25) is 0 Å². The van der Waals surface area contributed by atoms with E-state index in [2.05, 4.69) is 26.8 Å². The first-order chi connectivity index (χ1) is 15.9. The summed E-state index contributed by atoms with van der Waals surface area (Å²) in [6.45, 7) is 7.10. The van der Waals surface area contributed by atoms with E-state index in [0.29, 0.717) is 12.1 Å². The fourth-order valence-electron chi connectivity index (χ4n) is 3.38. The summed E-state index contributed by atoms with van der Waals surface area (Å²) in [5.41, 5.74) is 4.26. The molecule has 1 aromatic carbocycles. The molecule has 0 atom stereocenters. The number of aromatic nitrogens is 2. The molecule has 34 heavy (non-hydrogen) atoms. The lowest BCUT2D eigenvalue weighted by Gasteiger charge is -2.17. The molecule has 182 valence electrons. The third kappa shape index (κ3) is 7.67. The maximum atomic E-state index is 12.3. The Balaban J connectivity index is 0.000000588. The van der Waals surface area contributed by atoms with Gasteiger partial charge in [-0.25, -0.2) is 4.98 Å². The number of pyridine rings is 1. The number of aryl methyl sites for hydroxylation is 1. The number of amides is 1. The summed E-state index contributed by atoms with van der Waals surface area (Å²) in [5, 5.41) is 10.1. The summed E-state index contributed by atoms with van der Waals surface area (Å²) >= 11 is 0. The van der Waals surface area contributed by atoms with Gasteiger partial charge in [-0.05, 0) is 35.6 Å². The van der Waals surface area contributed by atoms with E-state index in [0.717, 1.165) is 47.7 Å². The molecule has 0 aliphatic carbocycles. The quantitative estimate of drug-likeness (QED) is 0.470. The number of benzene rings is 1. The van der Waals surface area contributed by atoms with E-state index in [9.17, 15) is 13.2 Å². The number of anilines is 2. The van der Waals surface area contributed by atoms with Crippen molar-refractivity contribution in [3.63, 3.8) is 0 Å². The van der Waals surface area contributed by atoms with Crippen LogP contribution in [-0.4, -0.2) is 41.8 Å². The summed E-state index contributed by atoms with van der Waals surface area (Å²) < 4.78 is 31.2. The molecule has 0 bridgehead atoms. The SMILES string of the molecule is CC(C)(C)c1cc(NC(=O)Cc2ccc(-c3cnc4c(c3)CCCN4)cc2)no1.CS(=O)(=O)O. The van der Waals surface area contributed by atoms with E-state index in [1.165, 1.54) is 5.56 Å². The summed E-state index contributed by atoms with van der Waals surface area (Å²) in [4.78, 5) is 16.9. The highest BCUT2D eigenvalue weighted by atomic mass is 32.2. The minimum Gasteiger partial charge on any atom is -0.370 e. The second kappa shape index (κ2) is 10.4. The van der Waals surface area contributed by atoms with Crippen LogP contribution in [0.4, 0.5) is 11.6 Å². The minimum absolute atomic E-state index is 0.118. The number of carbonyl (C=O) groups excluding carboxylic acids is 1. The summed E-state index contributed by atoms with van der Waals surface area (Å²) in [6.07, 6.45) is 5.09. The van der Waals surface area contributed by atoms with Crippen LogP contribution in [0.5, 0.6) is 0 Å². The number of hydrogen-bond donors (Lipinski definition) is 3. The zero-order valence-corrected chi connectivity index (χ0v) is 20.6. The van der Waals surface area contributed by atoms with Gasteiger partial charge in [-0.3, -0.25) is 9.35 Å². The zero-order valence-electron chi connectivity index (χ0n) is 19.8. The lowest BCUT2D eigenvalue weighted by atomic mass is 9.93. The van der Waals surface area contributed by atoms with Gasteiger partial charge >= 0.3 is 0 Å². The molecular weight excluding hydrogens is 456 g/mol. The van der Waals surface area contributed by atoms with Crippen LogP contribution in [-0.2, 0) is 33.2 Å². The van der Waals surface area contributed by atoms with Crippen LogP contribution >= 0.6 is 0 Å². The fourth-order valence-corrected chi connectivity index (χ4v) is 3.38. The molecule has 3 N–H and O–H groups in total. The molecule has 1 aliphatic rings. The number of hydrogen-bond acceptors (Lipinski definition) is 7. The number of nitrogens with zero attached hydrogens (tertiary/aromatic N) is 2. The number of rotatable bonds is 4. The van der Waals surface area contributed by atoms with Crippen molar-refractivity contribution in [1.82, 2.24) is 10.1 Å². The van der Waals surface area contributed by atoms with Crippen LogP contribution in [0.3, 0.4) is 0 Å². The Morgan fingerprint density at radius 1 is 1.18 bits per heavy atom. The Labute approximate surface area is 199 Å². The molecule has 1 amide bonds. The van der Waals surface area contributed by atoms with Crippen molar-refractivity contribution in [3.8, 4) is 11.1 Å². The van der Waals surface area contributed by atoms with Gasteiger partial charge in [0.25, 0.3) is 10.1 Å². The Bertz CT molecular complexity index is 1240. The molecular formula is C24H30N4O5S. The highest BCUT2D eigenvalue weighted by molar-refractivity contribution is 7.85. The zero-order chi connectivity index (χ0) is 24.9. The summed E-state index contributed by atoms with van der Waals surface area (Å²) in [7, 11) is -3.67. The van der Waals surface area contributed by atoms with Crippen LogP contribution in [0.1, 0.15) is 44.1 Å². The highest BCUT2D eigenvalue weighted by Gasteiger charge is 2.20. The molecule has 2 aromatic heterocycles. The molecule has 3 heterocycles. The summed E-state index contributed by atoms with van der Waals surface area (Å²) in [6, 6.07) is 12.0. The number of nitrogens with one attached hydrogen (secondary N) is 2. The predicted octanol–water partition coefficient (Wildman–Crippen LogP) is 4.08. The van der Waals surface area contributed by atoms with Gasteiger partial charge in [-0.2, -0.15) is 8.42 Å². The maximum absolute atomic E-state index is 12.3. The van der Waals surface area contributed by atoms with Gasteiger partial charge in [-0.15, -0.1) is 0 Å². The maximum Gasteiger partial charge on any atom is 0.261 e. The predicted molar refractivity (Wildman–Crippen MR) is 131 cm³/mol. The average molecular weight is 487 g/mol. The van der Waals surface area contributed by atoms with Crippen molar-refractivity contribution in [3.05, 3.63) is 59.5 Å². The minimum atomic E-state index is -3.67. The van der Waals surface area contributed by atoms with Gasteiger partial charge in [0.1, 0.15) is 11.6 Å². The Morgan fingerprint density at radius 2 is 1.85 bits per heavy atom. The third-order valence-corrected chi connectivity index (χ3v) is 5.05. The monoisotopic (exact) mass is 486 g/mol. The van der Waals surface area contributed by atoms with Crippen molar-refractivity contribution in [2.75, 3.05) is 23.4 Å². The Hall–Kier alpha value is -3.24. The van der Waals surface area contributed by atoms with Crippen LogP contribution in [0, 0.1) is 0 Å². The number of fused-ring (bicyclic) bond motifs is 1. The van der Waals surface area contributed by atoms with Crippen molar-refractivity contribution < 1.29 is 22.3 Å². The molecule has 1 aliphatic heterocycles. The van der Waals surface area contributed by atoms with E-state index in [4.69, 9.17) is 9.08 Å². The molecule has 0 spiro atoms. The van der Waals surface area contributed by atoms with Gasteiger partial charge in [0.05, 0.1) is 12.7 Å². The molecule has 9 nitrogen and oxygen atoms in total. The van der Waals surface area contributed by atoms with Gasteiger partial charge in [0, 0.05) is 29.8 Å². The van der Waals surface area contributed by atoms with E-state index in [1.807, 2.05) is 51.2 Å². The average Bonchev–Trinajstić information content (AvgIpc) is 3.22. The first kappa shape index (κ1) is 25.4. The molecule has 3 aromatic rings.